The lowest BCUT2D eigenvalue weighted by atomic mass is 9.73. The molecule has 2 fully saturated rings. The second-order valence-electron chi connectivity index (χ2n) is 7.02. The lowest BCUT2D eigenvalue weighted by molar-refractivity contribution is -0.144. The first-order valence-corrected chi connectivity index (χ1v) is 8.62. The topological polar surface area (TPSA) is 67.8 Å². The summed E-state index contributed by atoms with van der Waals surface area (Å²) in [6.07, 6.45) is 5.24. The highest BCUT2D eigenvalue weighted by molar-refractivity contribution is 5.76. The molecule has 2 atom stereocenters. The molecule has 25 heavy (non-hydrogen) atoms. The number of anilines is 1. The fourth-order valence-electron chi connectivity index (χ4n) is 3.61. The van der Waals surface area contributed by atoms with Crippen molar-refractivity contribution in [3.05, 3.63) is 18.2 Å². The number of amides is 1. The summed E-state index contributed by atoms with van der Waals surface area (Å²) in [4.78, 5) is 23.5. The van der Waals surface area contributed by atoms with Gasteiger partial charge < -0.3 is 19.3 Å². The van der Waals surface area contributed by atoms with Crippen LogP contribution in [-0.2, 0) is 14.3 Å². The number of likely N-dealkylation sites (N-methyl/N-ethyl adjacent to an activating group) is 1. The van der Waals surface area contributed by atoms with E-state index < -0.39 is 5.82 Å². The molecule has 0 N–H and O–H groups in total. The molecule has 3 heterocycles. The van der Waals surface area contributed by atoms with Crippen LogP contribution >= 0.6 is 0 Å². The highest BCUT2D eigenvalue weighted by Crippen LogP contribution is 2.41. The highest BCUT2D eigenvalue weighted by Gasteiger charge is 2.46. The lowest BCUT2D eigenvalue weighted by Crippen LogP contribution is -2.57. The van der Waals surface area contributed by atoms with Crippen LogP contribution in [0.4, 0.5) is 10.3 Å². The molecule has 2 saturated heterocycles. The van der Waals surface area contributed by atoms with Crippen molar-refractivity contribution in [1.29, 1.82) is 0 Å². The SMILES string of the molecule is CN(C)C(=O)COC[C@@]12CCCO[C@@H]1CCN(c1ncc(F)cn1)C2. The van der Waals surface area contributed by atoms with E-state index in [1.54, 1.807) is 14.1 Å². The minimum Gasteiger partial charge on any atom is -0.377 e. The molecule has 0 aromatic carbocycles. The van der Waals surface area contributed by atoms with E-state index in [4.69, 9.17) is 9.47 Å². The van der Waals surface area contributed by atoms with E-state index in [1.807, 2.05) is 0 Å². The third-order valence-electron chi connectivity index (χ3n) is 4.99. The Kier molecular flexibility index (Phi) is 5.48. The number of hydrogen-bond donors (Lipinski definition) is 0. The van der Waals surface area contributed by atoms with E-state index in [0.29, 0.717) is 19.1 Å². The molecule has 2 aliphatic rings. The molecule has 1 amide bonds. The van der Waals surface area contributed by atoms with Gasteiger partial charge in [-0.25, -0.2) is 14.4 Å². The third kappa shape index (κ3) is 4.07. The first-order chi connectivity index (χ1) is 12.0. The maximum Gasteiger partial charge on any atom is 0.248 e. The van der Waals surface area contributed by atoms with Gasteiger partial charge in [0, 0.05) is 39.2 Å². The van der Waals surface area contributed by atoms with E-state index in [0.717, 1.165) is 32.4 Å². The predicted octanol–water partition coefficient (Wildman–Crippen LogP) is 1.10. The van der Waals surface area contributed by atoms with Gasteiger partial charge in [0.25, 0.3) is 0 Å². The molecular formula is C17H25FN4O3. The van der Waals surface area contributed by atoms with Crippen molar-refractivity contribution in [1.82, 2.24) is 14.9 Å². The van der Waals surface area contributed by atoms with E-state index in [9.17, 15) is 9.18 Å². The van der Waals surface area contributed by atoms with Crippen LogP contribution in [0.3, 0.4) is 0 Å². The summed E-state index contributed by atoms with van der Waals surface area (Å²) in [6.45, 7) is 2.72. The minimum atomic E-state index is -0.445. The first kappa shape index (κ1) is 18.0. The van der Waals surface area contributed by atoms with Crippen molar-refractivity contribution in [2.24, 2.45) is 5.41 Å². The smallest absolute Gasteiger partial charge is 0.248 e. The molecule has 0 unspecified atom stereocenters. The van der Waals surface area contributed by atoms with Gasteiger partial charge in [0.2, 0.25) is 11.9 Å². The molecule has 1 aromatic heterocycles. The Bertz CT molecular complexity index is 598. The molecule has 138 valence electrons. The Hall–Kier alpha value is -1.80. The summed E-state index contributed by atoms with van der Waals surface area (Å²) in [7, 11) is 3.43. The lowest BCUT2D eigenvalue weighted by Gasteiger charge is -2.50. The zero-order chi connectivity index (χ0) is 17.9. The van der Waals surface area contributed by atoms with Crippen LogP contribution in [0.1, 0.15) is 19.3 Å². The molecule has 0 saturated carbocycles. The summed E-state index contributed by atoms with van der Waals surface area (Å²) in [5.74, 6) is 0.0215. The molecule has 1 aromatic rings. The van der Waals surface area contributed by atoms with Crippen LogP contribution in [0.2, 0.25) is 0 Å². The number of piperidine rings is 1. The number of nitrogens with zero attached hydrogens (tertiary/aromatic N) is 4. The van der Waals surface area contributed by atoms with Crippen LogP contribution in [0.25, 0.3) is 0 Å². The van der Waals surface area contributed by atoms with Crippen molar-refractivity contribution < 1.29 is 18.7 Å². The zero-order valence-electron chi connectivity index (χ0n) is 14.8. The molecule has 8 heteroatoms. The number of halogens is 1. The summed E-state index contributed by atoms with van der Waals surface area (Å²) < 4.78 is 24.8. The Morgan fingerprint density at radius 2 is 2.24 bits per heavy atom. The molecule has 3 rings (SSSR count). The second-order valence-corrected chi connectivity index (χ2v) is 7.02. The Morgan fingerprint density at radius 1 is 1.48 bits per heavy atom. The number of ether oxygens (including phenoxy) is 2. The van der Waals surface area contributed by atoms with Gasteiger partial charge in [-0.05, 0) is 19.3 Å². The van der Waals surface area contributed by atoms with Crippen molar-refractivity contribution in [3.63, 3.8) is 0 Å². The monoisotopic (exact) mass is 352 g/mol. The number of fused-ring (bicyclic) bond motifs is 1. The van der Waals surface area contributed by atoms with E-state index in [2.05, 4.69) is 14.9 Å². The highest BCUT2D eigenvalue weighted by atomic mass is 19.1. The molecule has 0 radical (unpaired) electrons. The fraction of sp³-hybridized carbons (Fsp3) is 0.706. The minimum absolute atomic E-state index is 0.0563. The Balaban J connectivity index is 1.70. The predicted molar refractivity (Wildman–Crippen MR) is 89.7 cm³/mol. The van der Waals surface area contributed by atoms with Crippen LogP contribution in [0.5, 0.6) is 0 Å². The first-order valence-electron chi connectivity index (χ1n) is 8.62. The largest absolute Gasteiger partial charge is 0.377 e. The normalized spacial score (nSPS) is 26.2. The Morgan fingerprint density at radius 3 is 2.96 bits per heavy atom. The number of carbonyl (C=O) groups is 1. The number of hydrogen-bond acceptors (Lipinski definition) is 6. The average molecular weight is 352 g/mol. The maximum atomic E-state index is 13.1. The molecule has 7 nitrogen and oxygen atoms in total. The summed E-state index contributed by atoms with van der Waals surface area (Å²) in [5, 5.41) is 0. The van der Waals surface area contributed by atoms with Gasteiger partial charge in [0.05, 0.1) is 25.1 Å². The van der Waals surface area contributed by atoms with Crippen molar-refractivity contribution in [3.8, 4) is 0 Å². The summed E-state index contributed by atoms with van der Waals surface area (Å²) >= 11 is 0. The molecule has 0 aliphatic carbocycles. The van der Waals surface area contributed by atoms with Gasteiger partial charge >= 0.3 is 0 Å². The van der Waals surface area contributed by atoms with Gasteiger partial charge in [-0.2, -0.15) is 0 Å². The molecular weight excluding hydrogens is 327 g/mol. The maximum absolute atomic E-state index is 13.1. The van der Waals surface area contributed by atoms with E-state index in [1.165, 1.54) is 17.3 Å². The van der Waals surface area contributed by atoms with Gasteiger partial charge in [-0.15, -0.1) is 0 Å². The van der Waals surface area contributed by atoms with Crippen LogP contribution in [0.15, 0.2) is 12.4 Å². The van der Waals surface area contributed by atoms with E-state index >= 15 is 0 Å². The van der Waals surface area contributed by atoms with E-state index in [-0.39, 0.29) is 24.0 Å². The van der Waals surface area contributed by atoms with Gasteiger partial charge in [-0.3, -0.25) is 4.79 Å². The molecule has 2 aliphatic heterocycles. The summed E-state index contributed by atoms with van der Waals surface area (Å²) in [5.41, 5.74) is -0.194. The van der Waals surface area contributed by atoms with Crippen molar-refractivity contribution in [2.75, 3.05) is 51.9 Å². The fourth-order valence-corrected chi connectivity index (χ4v) is 3.61. The number of aromatic nitrogens is 2. The second kappa shape index (κ2) is 7.61. The van der Waals surface area contributed by atoms with Crippen LogP contribution in [-0.4, -0.2) is 73.9 Å². The van der Waals surface area contributed by atoms with Gasteiger partial charge in [0.15, 0.2) is 5.82 Å². The standard InChI is InChI=1S/C17H25FN4O3/c1-21(2)15(23)10-24-12-17-5-3-7-25-14(17)4-6-22(11-17)16-19-8-13(18)9-20-16/h8-9,14H,3-7,10-12H2,1-2H3/t14-,17+/m1/s1. The van der Waals surface area contributed by atoms with Gasteiger partial charge in [-0.1, -0.05) is 0 Å². The van der Waals surface area contributed by atoms with Crippen molar-refractivity contribution in [2.45, 2.75) is 25.4 Å². The molecule has 0 spiro atoms. The number of carbonyl (C=O) groups excluding carboxylic acids is 1. The quantitative estimate of drug-likeness (QED) is 0.790. The summed E-state index contributed by atoms with van der Waals surface area (Å²) in [6, 6.07) is 0. The zero-order valence-corrected chi connectivity index (χ0v) is 14.8. The Labute approximate surface area is 147 Å². The number of rotatable bonds is 5. The van der Waals surface area contributed by atoms with Gasteiger partial charge in [0.1, 0.15) is 6.61 Å². The van der Waals surface area contributed by atoms with Crippen LogP contribution in [0, 0.1) is 11.2 Å². The third-order valence-corrected chi connectivity index (χ3v) is 4.99. The average Bonchev–Trinajstić information content (AvgIpc) is 2.61. The van der Waals surface area contributed by atoms with Crippen LogP contribution < -0.4 is 4.90 Å². The molecule has 0 bridgehead atoms. The van der Waals surface area contributed by atoms with Crippen molar-refractivity contribution >= 4 is 11.9 Å².